The van der Waals surface area contributed by atoms with Crippen LogP contribution in [-0.4, -0.2) is 23.6 Å². The van der Waals surface area contributed by atoms with Gasteiger partial charge in [0.05, 0.1) is 12.5 Å². The van der Waals surface area contributed by atoms with Crippen LogP contribution in [0.3, 0.4) is 0 Å². The first-order valence-corrected chi connectivity index (χ1v) is 6.92. The number of ketones is 1. The van der Waals surface area contributed by atoms with Crippen molar-refractivity contribution in [1.29, 1.82) is 0 Å². The Morgan fingerprint density at radius 3 is 2.19 bits per heavy atom. The molecule has 5 nitrogen and oxygen atoms in total. The number of nitrogens with one attached hydrogen (secondary N) is 1. The molecule has 2 amide bonds. The van der Waals surface area contributed by atoms with E-state index in [0.717, 1.165) is 0 Å². The lowest BCUT2D eigenvalue weighted by Crippen LogP contribution is -2.40. The van der Waals surface area contributed by atoms with Crippen molar-refractivity contribution in [2.45, 2.75) is 46.1 Å². The van der Waals surface area contributed by atoms with Crippen LogP contribution in [0.25, 0.3) is 0 Å². The molecule has 0 bridgehead atoms. The maximum Gasteiger partial charge on any atom is 0.224 e. The fourth-order valence-electron chi connectivity index (χ4n) is 1.44. The van der Waals surface area contributed by atoms with E-state index in [2.05, 4.69) is 18.5 Å². The molecule has 0 aliphatic carbocycles. The summed E-state index contributed by atoms with van der Waals surface area (Å²) < 4.78 is 0. The molecule has 1 atom stereocenters. The first-order valence-electron chi connectivity index (χ1n) is 6.92. The molecule has 0 rings (SSSR count). The van der Waals surface area contributed by atoms with Gasteiger partial charge >= 0.3 is 0 Å². The molecule has 0 saturated heterocycles. The van der Waals surface area contributed by atoms with Gasteiger partial charge in [-0.15, -0.1) is 0 Å². The first-order chi connectivity index (χ1) is 9.90. The zero-order valence-electron chi connectivity index (χ0n) is 13.1. The minimum Gasteiger partial charge on any atom is -0.370 e. The Labute approximate surface area is 127 Å². The highest BCUT2D eigenvalue weighted by molar-refractivity contribution is 5.89. The van der Waals surface area contributed by atoms with Gasteiger partial charge in [-0.2, -0.15) is 0 Å². The number of carbonyl (C=O) groups is 3. The standard InChI is InChI=1S/C14H20N2O3.C2H6/c1-4-6-11(5-2)9-14(19)16-12(10(3)17)7-8-13(15)18;1-2/h4-6,12H,1-2,7-9H2,3H3,(H2,15,18)(H,16,19);1-2H3/b11-6+;/t12-;/m0./s1. The second kappa shape index (κ2) is 12.8. The van der Waals surface area contributed by atoms with Gasteiger partial charge in [0, 0.05) is 6.42 Å². The fourth-order valence-corrected chi connectivity index (χ4v) is 1.44. The lowest BCUT2D eigenvalue weighted by atomic mass is 10.1. The second-order valence-electron chi connectivity index (χ2n) is 4.09. The second-order valence-corrected chi connectivity index (χ2v) is 4.09. The predicted octanol–water partition coefficient (Wildman–Crippen LogP) is 2.04. The van der Waals surface area contributed by atoms with E-state index in [4.69, 9.17) is 5.73 Å². The van der Waals surface area contributed by atoms with Crippen molar-refractivity contribution in [3.05, 3.63) is 37.0 Å². The van der Waals surface area contributed by atoms with Gasteiger partial charge in [-0.3, -0.25) is 14.4 Å². The average molecular weight is 294 g/mol. The van der Waals surface area contributed by atoms with E-state index in [0.29, 0.717) is 5.57 Å². The van der Waals surface area contributed by atoms with E-state index in [1.165, 1.54) is 6.92 Å². The van der Waals surface area contributed by atoms with Crippen molar-refractivity contribution in [3.63, 3.8) is 0 Å². The van der Waals surface area contributed by atoms with Crippen LogP contribution in [0.4, 0.5) is 0 Å². The summed E-state index contributed by atoms with van der Waals surface area (Å²) in [6.07, 6.45) is 5.15. The van der Waals surface area contributed by atoms with Crippen LogP contribution in [-0.2, 0) is 14.4 Å². The van der Waals surface area contributed by atoms with Gasteiger partial charge < -0.3 is 11.1 Å². The summed E-state index contributed by atoms with van der Waals surface area (Å²) in [6, 6.07) is -0.685. The number of allylic oxidation sites excluding steroid dienone is 3. The molecule has 0 aromatic carbocycles. The highest BCUT2D eigenvalue weighted by Crippen LogP contribution is 2.05. The van der Waals surface area contributed by atoms with Crippen LogP contribution in [0.15, 0.2) is 37.0 Å². The van der Waals surface area contributed by atoms with E-state index < -0.39 is 11.9 Å². The summed E-state index contributed by atoms with van der Waals surface area (Å²) in [5, 5.41) is 2.58. The smallest absolute Gasteiger partial charge is 0.224 e. The Morgan fingerprint density at radius 1 is 1.24 bits per heavy atom. The Balaban J connectivity index is 0. The summed E-state index contributed by atoms with van der Waals surface area (Å²) in [4.78, 5) is 33.8. The summed E-state index contributed by atoms with van der Waals surface area (Å²) in [7, 11) is 0. The van der Waals surface area contributed by atoms with E-state index >= 15 is 0 Å². The van der Waals surface area contributed by atoms with Crippen LogP contribution in [0.1, 0.15) is 40.0 Å². The fraction of sp³-hybridized carbons (Fsp3) is 0.438. The number of nitrogens with two attached hydrogens (primary N) is 1. The van der Waals surface area contributed by atoms with E-state index in [1.807, 2.05) is 13.8 Å². The predicted molar refractivity (Wildman–Crippen MR) is 85.5 cm³/mol. The highest BCUT2D eigenvalue weighted by atomic mass is 16.2. The van der Waals surface area contributed by atoms with Crippen molar-refractivity contribution < 1.29 is 14.4 Å². The van der Waals surface area contributed by atoms with Gasteiger partial charge in [-0.25, -0.2) is 0 Å². The normalized spacial score (nSPS) is 11.5. The van der Waals surface area contributed by atoms with E-state index in [9.17, 15) is 14.4 Å². The van der Waals surface area contributed by atoms with Crippen molar-refractivity contribution in [2.24, 2.45) is 5.73 Å². The number of carbonyl (C=O) groups excluding carboxylic acids is 3. The minimum atomic E-state index is -0.685. The minimum absolute atomic E-state index is 0.0569. The van der Waals surface area contributed by atoms with Gasteiger partial charge in [-0.05, 0) is 18.9 Å². The summed E-state index contributed by atoms with van der Waals surface area (Å²) in [6.45, 7) is 12.5. The number of hydrogen-bond acceptors (Lipinski definition) is 3. The molecule has 0 aromatic heterocycles. The molecule has 0 aliphatic rings. The third kappa shape index (κ3) is 11.4. The zero-order valence-corrected chi connectivity index (χ0v) is 13.1. The maximum atomic E-state index is 11.7. The van der Waals surface area contributed by atoms with Gasteiger partial charge in [0.2, 0.25) is 11.8 Å². The van der Waals surface area contributed by atoms with Crippen molar-refractivity contribution in [1.82, 2.24) is 5.32 Å². The van der Waals surface area contributed by atoms with Crippen LogP contribution in [0.5, 0.6) is 0 Å². The number of hydrogen-bond donors (Lipinski definition) is 2. The van der Waals surface area contributed by atoms with Crippen LogP contribution in [0.2, 0.25) is 0 Å². The Morgan fingerprint density at radius 2 is 1.81 bits per heavy atom. The van der Waals surface area contributed by atoms with Crippen LogP contribution >= 0.6 is 0 Å². The molecule has 21 heavy (non-hydrogen) atoms. The Bertz CT molecular complexity index is 412. The lowest BCUT2D eigenvalue weighted by molar-refractivity contribution is -0.127. The molecule has 0 aromatic rings. The van der Waals surface area contributed by atoms with Crippen LogP contribution in [0, 0.1) is 0 Å². The molecular formula is C16H26N2O3. The SMILES string of the molecule is C=C/C=C(\C=C)CC(=O)N[C@@H](CCC(N)=O)C(C)=O.CC. The van der Waals surface area contributed by atoms with Crippen LogP contribution < -0.4 is 11.1 Å². The molecular weight excluding hydrogens is 268 g/mol. The monoisotopic (exact) mass is 294 g/mol. The van der Waals surface area contributed by atoms with E-state index in [-0.39, 0.29) is 31.0 Å². The van der Waals surface area contributed by atoms with Crippen molar-refractivity contribution in [2.75, 3.05) is 0 Å². The molecule has 0 saturated carbocycles. The van der Waals surface area contributed by atoms with Gasteiger partial charge in [0.15, 0.2) is 5.78 Å². The maximum absolute atomic E-state index is 11.7. The van der Waals surface area contributed by atoms with Gasteiger partial charge in [0.25, 0.3) is 0 Å². The number of rotatable bonds is 9. The third-order valence-corrected chi connectivity index (χ3v) is 2.46. The molecule has 5 heteroatoms. The third-order valence-electron chi connectivity index (χ3n) is 2.46. The quantitative estimate of drug-likeness (QED) is 0.638. The Hall–Kier alpha value is -2.17. The summed E-state index contributed by atoms with van der Waals surface area (Å²) in [5.74, 6) is -1.01. The summed E-state index contributed by atoms with van der Waals surface area (Å²) in [5.41, 5.74) is 5.72. The first kappa shape index (κ1) is 21.1. The van der Waals surface area contributed by atoms with Gasteiger partial charge in [0.1, 0.15) is 0 Å². The number of amides is 2. The number of primary amides is 1. The van der Waals surface area contributed by atoms with Crippen molar-refractivity contribution in [3.8, 4) is 0 Å². The zero-order chi connectivity index (χ0) is 16.8. The Kier molecular flexibility index (Phi) is 12.9. The van der Waals surface area contributed by atoms with Crippen molar-refractivity contribution >= 4 is 17.6 Å². The lowest BCUT2D eigenvalue weighted by Gasteiger charge is -2.15. The molecule has 0 heterocycles. The van der Waals surface area contributed by atoms with Gasteiger partial charge in [-0.1, -0.05) is 45.2 Å². The molecule has 118 valence electrons. The van der Waals surface area contributed by atoms with E-state index in [1.54, 1.807) is 18.2 Å². The average Bonchev–Trinajstić information content (AvgIpc) is 2.44. The summed E-state index contributed by atoms with van der Waals surface area (Å²) >= 11 is 0. The molecule has 0 radical (unpaired) electrons. The molecule has 0 fully saturated rings. The molecule has 0 unspecified atom stereocenters. The molecule has 0 spiro atoms. The molecule has 0 aliphatic heterocycles. The number of Topliss-reactive ketones (excluding diaryl/α,β-unsaturated/α-hetero) is 1. The highest BCUT2D eigenvalue weighted by Gasteiger charge is 2.17. The largest absolute Gasteiger partial charge is 0.370 e. The molecule has 3 N–H and O–H groups in total. The topological polar surface area (TPSA) is 89.3 Å².